The lowest BCUT2D eigenvalue weighted by molar-refractivity contribution is 0.228. The molecule has 0 saturated heterocycles. The molecule has 0 saturated carbocycles. The molecular weight excluding hydrogens is 284 g/mol. The van der Waals surface area contributed by atoms with Gasteiger partial charge in [0.2, 0.25) is 0 Å². The molecule has 0 bridgehead atoms. The Morgan fingerprint density at radius 3 is 2.52 bits per heavy atom. The molecule has 1 aromatic carbocycles. The Morgan fingerprint density at radius 1 is 1.19 bits per heavy atom. The molecule has 2 aromatic rings. The van der Waals surface area contributed by atoms with Gasteiger partial charge in [0.15, 0.2) is 0 Å². The van der Waals surface area contributed by atoms with Crippen LogP contribution in [0.3, 0.4) is 0 Å². The lowest BCUT2D eigenvalue weighted by Gasteiger charge is -2.30. The van der Waals surface area contributed by atoms with Crippen molar-refractivity contribution in [2.45, 2.75) is 19.9 Å². The molecule has 2 rings (SSSR count). The van der Waals surface area contributed by atoms with Crippen LogP contribution >= 0.6 is 11.6 Å². The van der Waals surface area contributed by atoms with Crippen LogP contribution in [0.25, 0.3) is 0 Å². The van der Waals surface area contributed by atoms with Crippen molar-refractivity contribution in [3.63, 3.8) is 0 Å². The first-order valence-corrected chi connectivity index (χ1v) is 7.62. The molecule has 112 valence electrons. The van der Waals surface area contributed by atoms with Crippen molar-refractivity contribution in [3.05, 3.63) is 53.4 Å². The summed E-state index contributed by atoms with van der Waals surface area (Å²) in [5.74, 6) is 0.680. The first kappa shape index (κ1) is 15.7. The van der Waals surface area contributed by atoms with E-state index in [0.29, 0.717) is 10.8 Å². The molecule has 1 unspecified atom stereocenters. The van der Waals surface area contributed by atoms with Crippen molar-refractivity contribution in [1.82, 2.24) is 14.9 Å². The summed E-state index contributed by atoms with van der Waals surface area (Å²) in [6.45, 7) is 7.10. The van der Waals surface area contributed by atoms with Crippen molar-refractivity contribution in [3.8, 4) is 0 Å². The van der Waals surface area contributed by atoms with E-state index >= 15 is 0 Å². The van der Waals surface area contributed by atoms with Gasteiger partial charge in [-0.15, -0.1) is 0 Å². The maximum Gasteiger partial charge on any atom is 0.148 e. The Bertz CT molecular complexity index is 543. The predicted octanol–water partition coefficient (Wildman–Crippen LogP) is 3.63. The van der Waals surface area contributed by atoms with Crippen LogP contribution in [0.2, 0.25) is 5.02 Å². The lowest BCUT2D eigenvalue weighted by atomic mass is 10.1. The standard InChI is InChI=1S/C16H21ClN4/c1-3-21(4-2)15(13-8-6-5-7-9-13)11-19-16-14(17)10-18-12-20-16/h5-10,12,15H,3-4,11H2,1-2H3,(H,18,19,20). The van der Waals surface area contributed by atoms with E-state index in [1.807, 2.05) is 6.07 Å². The first-order valence-electron chi connectivity index (χ1n) is 7.24. The molecule has 21 heavy (non-hydrogen) atoms. The highest BCUT2D eigenvalue weighted by Crippen LogP contribution is 2.23. The summed E-state index contributed by atoms with van der Waals surface area (Å²) in [5.41, 5.74) is 1.29. The minimum absolute atomic E-state index is 0.284. The molecule has 4 nitrogen and oxygen atoms in total. The van der Waals surface area contributed by atoms with Gasteiger partial charge in [-0.25, -0.2) is 9.97 Å². The summed E-state index contributed by atoms with van der Waals surface area (Å²) >= 11 is 6.10. The number of rotatable bonds is 7. The monoisotopic (exact) mass is 304 g/mol. The normalized spacial score (nSPS) is 12.4. The molecule has 0 spiro atoms. The number of nitrogens with zero attached hydrogens (tertiary/aromatic N) is 3. The Morgan fingerprint density at radius 2 is 1.90 bits per heavy atom. The zero-order chi connectivity index (χ0) is 15.1. The highest BCUT2D eigenvalue weighted by molar-refractivity contribution is 6.32. The number of hydrogen-bond donors (Lipinski definition) is 1. The van der Waals surface area contributed by atoms with Gasteiger partial charge in [-0.1, -0.05) is 55.8 Å². The van der Waals surface area contributed by atoms with Crippen LogP contribution in [0.4, 0.5) is 5.82 Å². The molecule has 0 fully saturated rings. The van der Waals surface area contributed by atoms with Gasteiger partial charge in [-0.2, -0.15) is 0 Å². The molecule has 5 heteroatoms. The van der Waals surface area contributed by atoms with Crippen LogP contribution in [0.15, 0.2) is 42.9 Å². The molecule has 0 radical (unpaired) electrons. The molecule has 1 aromatic heterocycles. The summed E-state index contributed by atoms with van der Waals surface area (Å²) < 4.78 is 0. The summed E-state index contributed by atoms with van der Waals surface area (Å²) in [4.78, 5) is 10.5. The molecule has 0 aliphatic rings. The fraction of sp³-hybridized carbons (Fsp3) is 0.375. The average Bonchev–Trinajstić information content (AvgIpc) is 2.54. The molecular formula is C16H21ClN4. The second-order valence-electron chi connectivity index (χ2n) is 4.75. The van der Waals surface area contributed by atoms with Crippen molar-refractivity contribution in [2.75, 3.05) is 25.0 Å². The van der Waals surface area contributed by atoms with Gasteiger partial charge < -0.3 is 5.32 Å². The number of hydrogen-bond acceptors (Lipinski definition) is 4. The smallest absolute Gasteiger partial charge is 0.148 e. The zero-order valence-electron chi connectivity index (χ0n) is 12.5. The van der Waals surface area contributed by atoms with E-state index in [4.69, 9.17) is 11.6 Å². The summed E-state index contributed by atoms with van der Waals surface area (Å²) in [7, 11) is 0. The highest BCUT2D eigenvalue weighted by Gasteiger charge is 2.18. The fourth-order valence-electron chi connectivity index (χ4n) is 2.43. The largest absolute Gasteiger partial charge is 0.367 e. The Balaban J connectivity index is 2.15. The third-order valence-corrected chi connectivity index (χ3v) is 3.84. The number of benzene rings is 1. The number of halogens is 1. The highest BCUT2D eigenvalue weighted by atomic mass is 35.5. The Hall–Kier alpha value is -1.65. The fourth-order valence-corrected chi connectivity index (χ4v) is 2.61. The molecule has 1 N–H and O–H groups in total. The summed E-state index contributed by atoms with van der Waals surface area (Å²) in [5, 5.41) is 3.88. The van der Waals surface area contributed by atoms with Gasteiger partial charge in [0.05, 0.1) is 12.2 Å². The van der Waals surface area contributed by atoms with Crippen molar-refractivity contribution in [2.24, 2.45) is 0 Å². The predicted molar refractivity (Wildman–Crippen MR) is 87.6 cm³/mol. The van der Waals surface area contributed by atoms with Gasteiger partial charge in [-0.3, -0.25) is 4.90 Å². The first-order chi connectivity index (χ1) is 10.3. The van der Waals surface area contributed by atoms with Crippen molar-refractivity contribution >= 4 is 17.4 Å². The maximum absolute atomic E-state index is 6.10. The molecule has 1 atom stereocenters. The van der Waals surface area contributed by atoms with Crippen LogP contribution in [0, 0.1) is 0 Å². The van der Waals surface area contributed by atoms with Crippen LogP contribution in [-0.4, -0.2) is 34.5 Å². The average molecular weight is 305 g/mol. The van der Waals surface area contributed by atoms with Crippen LogP contribution < -0.4 is 5.32 Å². The second-order valence-corrected chi connectivity index (χ2v) is 5.16. The minimum Gasteiger partial charge on any atom is -0.367 e. The van der Waals surface area contributed by atoms with Gasteiger partial charge in [0.25, 0.3) is 0 Å². The third kappa shape index (κ3) is 4.16. The zero-order valence-corrected chi connectivity index (χ0v) is 13.2. The third-order valence-electron chi connectivity index (χ3n) is 3.57. The number of nitrogens with one attached hydrogen (secondary N) is 1. The minimum atomic E-state index is 0.284. The molecule has 0 aliphatic heterocycles. The maximum atomic E-state index is 6.10. The van der Waals surface area contributed by atoms with Gasteiger partial charge in [0.1, 0.15) is 17.2 Å². The quantitative estimate of drug-likeness (QED) is 0.848. The summed E-state index contributed by atoms with van der Waals surface area (Å²) in [6.07, 6.45) is 3.11. The van der Waals surface area contributed by atoms with Crippen LogP contribution in [0.5, 0.6) is 0 Å². The number of anilines is 1. The summed E-state index contributed by atoms with van der Waals surface area (Å²) in [6, 6.07) is 10.8. The Kier molecular flexibility index (Phi) is 5.96. The number of likely N-dealkylation sites (N-methyl/N-ethyl adjacent to an activating group) is 1. The van der Waals surface area contributed by atoms with E-state index in [-0.39, 0.29) is 6.04 Å². The van der Waals surface area contributed by atoms with Crippen LogP contribution in [0.1, 0.15) is 25.5 Å². The SMILES string of the molecule is CCN(CC)C(CNc1ncncc1Cl)c1ccccc1. The molecule has 1 heterocycles. The van der Waals surface area contributed by atoms with E-state index in [2.05, 4.69) is 58.3 Å². The van der Waals surface area contributed by atoms with Crippen molar-refractivity contribution in [1.29, 1.82) is 0 Å². The lowest BCUT2D eigenvalue weighted by Crippen LogP contribution is -2.33. The second kappa shape index (κ2) is 7.96. The Labute approximate surface area is 131 Å². The van der Waals surface area contributed by atoms with Gasteiger partial charge in [0, 0.05) is 6.54 Å². The van der Waals surface area contributed by atoms with Gasteiger partial charge in [-0.05, 0) is 18.7 Å². The molecule has 0 amide bonds. The van der Waals surface area contributed by atoms with E-state index in [1.54, 1.807) is 6.20 Å². The van der Waals surface area contributed by atoms with Crippen LogP contribution in [-0.2, 0) is 0 Å². The van der Waals surface area contributed by atoms with Crippen molar-refractivity contribution < 1.29 is 0 Å². The van der Waals surface area contributed by atoms with E-state index in [1.165, 1.54) is 11.9 Å². The molecule has 0 aliphatic carbocycles. The van der Waals surface area contributed by atoms with E-state index in [0.717, 1.165) is 19.6 Å². The van der Waals surface area contributed by atoms with Gasteiger partial charge >= 0.3 is 0 Å². The van der Waals surface area contributed by atoms with E-state index in [9.17, 15) is 0 Å². The van der Waals surface area contributed by atoms with E-state index < -0.39 is 0 Å². The topological polar surface area (TPSA) is 41.0 Å². The number of aromatic nitrogens is 2.